The number of rotatable bonds is 9. The summed E-state index contributed by atoms with van der Waals surface area (Å²) in [4.78, 5) is 45.2. The smallest absolute Gasteiger partial charge is 0.269 e. The highest BCUT2D eigenvalue weighted by atomic mass is 32.2. The Bertz CT molecular complexity index is 1590. The highest BCUT2D eigenvalue weighted by Crippen LogP contribution is 2.24. The fourth-order valence-corrected chi connectivity index (χ4v) is 5.76. The molecule has 0 radical (unpaired) electrons. The number of carbonyl (C=O) groups is 1. The predicted molar refractivity (Wildman–Crippen MR) is 154 cm³/mol. The second-order valence-corrected chi connectivity index (χ2v) is 10.5. The minimum atomic E-state index is -0.430. The van der Waals surface area contributed by atoms with E-state index in [2.05, 4.69) is 9.88 Å². The molecule has 40 heavy (non-hydrogen) atoms. The van der Waals surface area contributed by atoms with Gasteiger partial charge in [-0.1, -0.05) is 30.0 Å². The number of unbranched alkanes of at least 4 members (excludes halogenated alkanes) is 1. The van der Waals surface area contributed by atoms with Crippen LogP contribution in [0.15, 0.2) is 82.7 Å². The third-order valence-electron chi connectivity index (χ3n) is 6.89. The van der Waals surface area contributed by atoms with Crippen molar-refractivity contribution in [2.45, 2.75) is 24.4 Å². The van der Waals surface area contributed by atoms with Crippen LogP contribution in [0, 0.1) is 15.9 Å². The largest absolute Gasteiger partial charge is 0.368 e. The summed E-state index contributed by atoms with van der Waals surface area (Å²) < 4.78 is 15.4. The first-order valence-electron chi connectivity index (χ1n) is 13.1. The van der Waals surface area contributed by atoms with Crippen LogP contribution in [-0.4, -0.2) is 57.2 Å². The van der Waals surface area contributed by atoms with Crippen molar-refractivity contribution < 1.29 is 14.1 Å². The minimum Gasteiger partial charge on any atom is -0.368 e. The molecule has 1 fully saturated rings. The number of carbonyl (C=O) groups excluding carboxylic acids is 1. The van der Waals surface area contributed by atoms with E-state index in [0.717, 1.165) is 12.1 Å². The Hall–Kier alpha value is -4.25. The topological polar surface area (TPSA) is 102 Å². The first kappa shape index (κ1) is 27.3. The van der Waals surface area contributed by atoms with E-state index in [1.165, 1.54) is 40.6 Å². The molecule has 9 nitrogen and oxygen atoms in total. The van der Waals surface area contributed by atoms with Gasteiger partial charge in [0, 0.05) is 56.2 Å². The standard InChI is InChI=1S/C29H28FN5O4S/c30-21-6-5-7-24(20-21)34-28(37)25-8-1-2-9-26(25)31-29(34)40-19-4-3-10-27(36)33-17-15-32(16-18-33)22-11-13-23(14-12-22)35(38)39/h1-2,5-9,11-14,20H,3-4,10,15-19H2. The Morgan fingerprint density at radius 2 is 1.70 bits per heavy atom. The molecule has 2 heterocycles. The van der Waals surface area contributed by atoms with Gasteiger partial charge in [-0.25, -0.2) is 9.37 Å². The van der Waals surface area contributed by atoms with Crippen molar-refractivity contribution in [1.29, 1.82) is 0 Å². The fraction of sp³-hybridized carbons (Fsp3) is 0.276. The molecule has 5 rings (SSSR count). The van der Waals surface area contributed by atoms with Crippen LogP contribution in [0.25, 0.3) is 16.6 Å². The van der Waals surface area contributed by atoms with Crippen LogP contribution in [0.4, 0.5) is 15.8 Å². The third kappa shape index (κ3) is 6.15. The van der Waals surface area contributed by atoms with Crippen LogP contribution in [-0.2, 0) is 4.79 Å². The monoisotopic (exact) mass is 561 g/mol. The number of halogens is 1. The fourth-order valence-electron chi connectivity index (χ4n) is 4.75. The van der Waals surface area contributed by atoms with Gasteiger partial charge in [-0.15, -0.1) is 0 Å². The number of piperazine rings is 1. The number of hydrogen-bond acceptors (Lipinski definition) is 7. The molecule has 0 atom stereocenters. The van der Waals surface area contributed by atoms with Crippen LogP contribution < -0.4 is 10.5 Å². The number of nitro groups is 1. The van der Waals surface area contributed by atoms with Gasteiger partial charge in [0.15, 0.2) is 5.16 Å². The Labute approximate surface area is 234 Å². The molecule has 0 aliphatic carbocycles. The summed E-state index contributed by atoms with van der Waals surface area (Å²) in [6.45, 7) is 2.55. The highest BCUT2D eigenvalue weighted by molar-refractivity contribution is 7.99. The molecule has 0 spiro atoms. The molecule has 1 aliphatic rings. The molecule has 1 aromatic heterocycles. The second kappa shape index (κ2) is 12.3. The van der Waals surface area contributed by atoms with Crippen molar-refractivity contribution in [2.24, 2.45) is 0 Å². The lowest BCUT2D eigenvalue weighted by molar-refractivity contribution is -0.384. The molecule has 0 bridgehead atoms. The SMILES string of the molecule is O=C(CCCCSc1nc2ccccc2c(=O)n1-c1cccc(F)c1)N1CCN(c2ccc([N+](=O)[O-])cc2)CC1. The average molecular weight is 562 g/mol. The zero-order valence-electron chi connectivity index (χ0n) is 21.7. The number of amides is 1. The van der Waals surface area contributed by atoms with Gasteiger partial charge in [0.1, 0.15) is 5.82 Å². The summed E-state index contributed by atoms with van der Waals surface area (Å²) in [5, 5.41) is 11.8. The summed E-state index contributed by atoms with van der Waals surface area (Å²) in [5.74, 6) is 0.329. The van der Waals surface area contributed by atoms with Crippen LogP contribution >= 0.6 is 11.8 Å². The number of thioether (sulfide) groups is 1. The maximum absolute atomic E-state index is 14.0. The van der Waals surface area contributed by atoms with Gasteiger partial charge < -0.3 is 9.80 Å². The van der Waals surface area contributed by atoms with Crippen molar-refractivity contribution in [3.05, 3.63) is 99.1 Å². The van der Waals surface area contributed by atoms with Crippen LogP contribution in [0.1, 0.15) is 19.3 Å². The van der Waals surface area contributed by atoms with E-state index in [0.29, 0.717) is 66.5 Å². The maximum Gasteiger partial charge on any atom is 0.269 e. The predicted octanol–water partition coefficient (Wildman–Crippen LogP) is 5.04. The molecule has 4 aromatic rings. The molecule has 1 saturated heterocycles. The third-order valence-corrected chi connectivity index (χ3v) is 7.91. The van der Waals surface area contributed by atoms with E-state index >= 15 is 0 Å². The Kier molecular flexibility index (Phi) is 8.40. The van der Waals surface area contributed by atoms with E-state index in [1.54, 1.807) is 42.5 Å². The van der Waals surface area contributed by atoms with Crippen LogP contribution in [0.3, 0.4) is 0 Å². The van der Waals surface area contributed by atoms with Gasteiger partial charge in [-0.2, -0.15) is 0 Å². The first-order valence-corrected chi connectivity index (χ1v) is 14.1. The summed E-state index contributed by atoms with van der Waals surface area (Å²) in [7, 11) is 0. The Morgan fingerprint density at radius 1 is 0.950 bits per heavy atom. The number of hydrogen-bond donors (Lipinski definition) is 0. The van der Waals surface area contributed by atoms with Gasteiger partial charge in [-0.3, -0.25) is 24.3 Å². The number of aromatic nitrogens is 2. The molecule has 0 N–H and O–H groups in total. The number of benzene rings is 3. The summed E-state index contributed by atoms with van der Waals surface area (Å²) in [6.07, 6.45) is 1.89. The highest BCUT2D eigenvalue weighted by Gasteiger charge is 2.21. The number of anilines is 1. The number of nitrogens with zero attached hydrogens (tertiary/aromatic N) is 5. The van der Waals surface area contributed by atoms with Gasteiger partial charge in [-0.05, 0) is 55.3 Å². The molecular weight excluding hydrogens is 533 g/mol. The Balaban J connectivity index is 1.14. The van der Waals surface area contributed by atoms with Crippen molar-refractivity contribution in [2.75, 3.05) is 36.8 Å². The van der Waals surface area contributed by atoms with Gasteiger partial charge >= 0.3 is 0 Å². The lowest BCUT2D eigenvalue weighted by atomic mass is 10.2. The van der Waals surface area contributed by atoms with E-state index in [-0.39, 0.29) is 17.2 Å². The average Bonchev–Trinajstić information content (AvgIpc) is 2.97. The normalized spacial score (nSPS) is 13.5. The second-order valence-electron chi connectivity index (χ2n) is 9.48. The van der Waals surface area contributed by atoms with Crippen LogP contribution in [0.5, 0.6) is 0 Å². The van der Waals surface area contributed by atoms with Gasteiger partial charge in [0.2, 0.25) is 5.91 Å². The summed E-state index contributed by atoms with van der Waals surface area (Å²) >= 11 is 1.42. The van der Waals surface area contributed by atoms with Gasteiger partial charge in [0.25, 0.3) is 11.2 Å². The first-order chi connectivity index (χ1) is 19.4. The van der Waals surface area contributed by atoms with Crippen molar-refractivity contribution in [3.8, 4) is 5.69 Å². The van der Waals surface area contributed by atoms with E-state index in [1.807, 2.05) is 11.0 Å². The number of para-hydroxylation sites is 1. The quantitative estimate of drug-likeness (QED) is 0.0927. The minimum absolute atomic E-state index is 0.0596. The Morgan fingerprint density at radius 3 is 2.42 bits per heavy atom. The lowest BCUT2D eigenvalue weighted by Gasteiger charge is -2.36. The van der Waals surface area contributed by atoms with Crippen molar-refractivity contribution in [3.63, 3.8) is 0 Å². The summed E-state index contributed by atoms with van der Waals surface area (Å²) in [6, 6.07) is 19.5. The molecule has 0 saturated carbocycles. The zero-order chi connectivity index (χ0) is 28.1. The molecule has 3 aromatic carbocycles. The summed E-state index contributed by atoms with van der Waals surface area (Å²) in [5.41, 5.74) is 1.74. The number of nitro benzene ring substituents is 1. The lowest BCUT2D eigenvalue weighted by Crippen LogP contribution is -2.48. The molecule has 1 amide bonds. The molecule has 11 heteroatoms. The van der Waals surface area contributed by atoms with E-state index in [9.17, 15) is 24.1 Å². The van der Waals surface area contributed by atoms with Gasteiger partial charge in [0.05, 0.1) is 21.5 Å². The number of non-ortho nitro benzene ring substituents is 1. The molecule has 206 valence electrons. The van der Waals surface area contributed by atoms with Crippen molar-refractivity contribution in [1.82, 2.24) is 14.5 Å². The number of fused-ring (bicyclic) bond motifs is 1. The van der Waals surface area contributed by atoms with E-state index < -0.39 is 10.7 Å². The van der Waals surface area contributed by atoms with Crippen molar-refractivity contribution >= 4 is 39.9 Å². The maximum atomic E-state index is 14.0. The molecule has 1 aliphatic heterocycles. The molecular formula is C29H28FN5O4S. The van der Waals surface area contributed by atoms with E-state index in [4.69, 9.17) is 0 Å². The molecule has 0 unspecified atom stereocenters. The zero-order valence-corrected chi connectivity index (χ0v) is 22.6. The van der Waals surface area contributed by atoms with Crippen LogP contribution in [0.2, 0.25) is 0 Å².